The number of rotatable bonds is 4. The first-order valence-corrected chi connectivity index (χ1v) is 6.21. The molecule has 0 atom stereocenters. The van der Waals surface area contributed by atoms with Crippen LogP contribution in [0.25, 0.3) is 0 Å². The Labute approximate surface area is 114 Å². The van der Waals surface area contributed by atoms with Crippen LogP contribution < -0.4 is 21.7 Å². The molecule has 0 spiro atoms. The van der Waals surface area contributed by atoms with E-state index in [9.17, 15) is 0 Å². The molecular formula is C15H20N4. The summed E-state index contributed by atoms with van der Waals surface area (Å²) >= 11 is 0. The normalized spacial score (nSPS) is 10.2. The van der Waals surface area contributed by atoms with E-state index in [1.165, 1.54) is 0 Å². The minimum Gasteiger partial charge on any atom is -0.399 e. The van der Waals surface area contributed by atoms with Gasteiger partial charge in [-0.15, -0.1) is 0 Å². The van der Waals surface area contributed by atoms with Gasteiger partial charge in [0.25, 0.3) is 0 Å². The summed E-state index contributed by atoms with van der Waals surface area (Å²) in [5.41, 5.74) is 16.4. The van der Waals surface area contributed by atoms with Gasteiger partial charge >= 0.3 is 0 Å². The van der Waals surface area contributed by atoms with E-state index in [1.54, 1.807) is 0 Å². The molecule has 0 aliphatic carbocycles. The van der Waals surface area contributed by atoms with Crippen molar-refractivity contribution < 1.29 is 0 Å². The lowest BCUT2D eigenvalue weighted by molar-refractivity contribution is 1.12. The van der Waals surface area contributed by atoms with Crippen molar-refractivity contribution in [3.8, 4) is 0 Å². The fraction of sp³-hybridized carbons (Fsp3) is 0.200. The van der Waals surface area contributed by atoms with Crippen LogP contribution in [-0.2, 0) is 6.54 Å². The van der Waals surface area contributed by atoms with Crippen molar-refractivity contribution in [1.82, 2.24) is 0 Å². The maximum atomic E-state index is 5.93. The maximum Gasteiger partial charge on any atom is 0.0421 e. The largest absolute Gasteiger partial charge is 0.399 e. The summed E-state index contributed by atoms with van der Waals surface area (Å²) in [6, 6.07) is 13.8. The zero-order valence-corrected chi connectivity index (χ0v) is 11.4. The van der Waals surface area contributed by atoms with Gasteiger partial charge in [-0.05, 0) is 42.0 Å². The van der Waals surface area contributed by atoms with Crippen molar-refractivity contribution in [2.24, 2.45) is 0 Å². The first-order valence-electron chi connectivity index (χ1n) is 6.21. The molecule has 4 heteroatoms. The molecule has 2 aromatic carbocycles. The number of nitrogens with one attached hydrogen (secondary N) is 1. The number of anilines is 4. The van der Waals surface area contributed by atoms with Crippen molar-refractivity contribution >= 4 is 22.7 Å². The molecule has 19 heavy (non-hydrogen) atoms. The third kappa shape index (κ3) is 3.31. The van der Waals surface area contributed by atoms with Crippen LogP contribution in [0.2, 0.25) is 0 Å². The highest BCUT2D eigenvalue weighted by molar-refractivity contribution is 5.60. The van der Waals surface area contributed by atoms with Gasteiger partial charge in [-0.2, -0.15) is 0 Å². The summed E-state index contributed by atoms with van der Waals surface area (Å²) in [4.78, 5) is 2.07. The summed E-state index contributed by atoms with van der Waals surface area (Å²) in [6.45, 7) is 0.660. The van der Waals surface area contributed by atoms with Crippen molar-refractivity contribution in [3.05, 3.63) is 48.0 Å². The number of hydrogen-bond acceptors (Lipinski definition) is 4. The molecule has 0 bridgehead atoms. The molecule has 0 aromatic heterocycles. The first-order chi connectivity index (χ1) is 9.06. The highest BCUT2D eigenvalue weighted by Crippen LogP contribution is 2.20. The SMILES string of the molecule is CN(C)c1cccc(NCc2cc(N)ccc2N)c1. The summed E-state index contributed by atoms with van der Waals surface area (Å²) in [7, 11) is 4.05. The standard InChI is InChI=1S/C15H20N4/c1-19(2)14-5-3-4-13(9-14)18-10-11-8-12(16)6-7-15(11)17/h3-9,18H,10,16-17H2,1-2H3. The molecule has 0 saturated carbocycles. The van der Waals surface area contributed by atoms with E-state index < -0.39 is 0 Å². The third-order valence-electron chi connectivity index (χ3n) is 3.01. The predicted molar refractivity (Wildman–Crippen MR) is 83.4 cm³/mol. The average Bonchev–Trinajstić information content (AvgIpc) is 2.40. The Kier molecular flexibility index (Phi) is 3.80. The van der Waals surface area contributed by atoms with Gasteiger partial charge < -0.3 is 21.7 Å². The van der Waals surface area contributed by atoms with E-state index in [-0.39, 0.29) is 0 Å². The van der Waals surface area contributed by atoms with E-state index >= 15 is 0 Å². The summed E-state index contributed by atoms with van der Waals surface area (Å²) in [5.74, 6) is 0. The van der Waals surface area contributed by atoms with Crippen LogP contribution >= 0.6 is 0 Å². The van der Waals surface area contributed by atoms with Crippen molar-refractivity contribution in [2.45, 2.75) is 6.54 Å². The summed E-state index contributed by atoms with van der Waals surface area (Å²) in [6.07, 6.45) is 0. The molecule has 0 heterocycles. The van der Waals surface area contributed by atoms with Crippen LogP contribution in [0, 0.1) is 0 Å². The second-order valence-electron chi connectivity index (χ2n) is 4.76. The third-order valence-corrected chi connectivity index (χ3v) is 3.01. The lowest BCUT2D eigenvalue weighted by atomic mass is 10.1. The van der Waals surface area contributed by atoms with Crippen LogP contribution in [-0.4, -0.2) is 14.1 Å². The van der Waals surface area contributed by atoms with Gasteiger partial charge in [-0.1, -0.05) is 6.07 Å². The lowest BCUT2D eigenvalue weighted by Crippen LogP contribution is -2.09. The Bertz CT molecular complexity index is 564. The zero-order valence-electron chi connectivity index (χ0n) is 11.4. The Hall–Kier alpha value is -2.36. The van der Waals surface area contributed by atoms with Gasteiger partial charge in [0.05, 0.1) is 0 Å². The van der Waals surface area contributed by atoms with Crippen LogP contribution in [0.3, 0.4) is 0 Å². The predicted octanol–water partition coefficient (Wildman–Crippen LogP) is 2.53. The van der Waals surface area contributed by atoms with Gasteiger partial charge in [-0.3, -0.25) is 0 Å². The molecule has 0 unspecified atom stereocenters. The molecule has 5 N–H and O–H groups in total. The van der Waals surface area contributed by atoms with Crippen molar-refractivity contribution in [3.63, 3.8) is 0 Å². The van der Waals surface area contributed by atoms with Gasteiger partial charge in [-0.25, -0.2) is 0 Å². The van der Waals surface area contributed by atoms with Gasteiger partial charge in [0.1, 0.15) is 0 Å². The molecule has 0 aliphatic rings. The molecule has 0 aliphatic heterocycles. The number of hydrogen-bond donors (Lipinski definition) is 3. The van der Waals surface area contributed by atoms with E-state index in [0.29, 0.717) is 6.54 Å². The topological polar surface area (TPSA) is 67.3 Å². The number of benzene rings is 2. The molecular weight excluding hydrogens is 236 g/mol. The van der Waals surface area contributed by atoms with E-state index in [2.05, 4.69) is 22.3 Å². The highest BCUT2D eigenvalue weighted by atomic mass is 15.1. The van der Waals surface area contributed by atoms with E-state index in [0.717, 1.165) is 28.3 Å². The van der Waals surface area contributed by atoms with E-state index in [1.807, 2.05) is 44.4 Å². The van der Waals surface area contributed by atoms with Crippen LogP contribution in [0.5, 0.6) is 0 Å². The Morgan fingerprint density at radius 3 is 2.58 bits per heavy atom. The highest BCUT2D eigenvalue weighted by Gasteiger charge is 2.01. The molecule has 4 nitrogen and oxygen atoms in total. The molecule has 2 rings (SSSR count). The monoisotopic (exact) mass is 256 g/mol. The zero-order chi connectivity index (χ0) is 13.8. The summed E-state index contributed by atoms with van der Waals surface area (Å²) in [5, 5.41) is 3.36. The fourth-order valence-corrected chi connectivity index (χ4v) is 1.87. The lowest BCUT2D eigenvalue weighted by Gasteiger charge is -2.15. The number of nitrogens with two attached hydrogens (primary N) is 2. The molecule has 0 saturated heterocycles. The maximum absolute atomic E-state index is 5.93. The first kappa shape index (κ1) is 13.1. The van der Waals surface area contributed by atoms with Crippen LogP contribution in [0.4, 0.5) is 22.7 Å². The van der Waals surface area contributed by atoms with Crippen LogP contribution in [0.15, 0.2) is 42.5 Å². The van der Waals surface area contributed by atoms with Gasteiger partial charge in [0, 0.05) is 43.4 Å². The van der Waals surface area contributed by atoms with Crippen molar-refractivity contribution in [1.29, 1.82) is 0 Å². The van der Waals surface area contributed by atoms with Crippen LogP contribution in [0.1, 0.15) is 5.56 Å². The molecule has 0 radical (unpaired) electrons. The fourth-order valence-electron chi connectivity index (χ4n) is 1.87. The van der Waals surface area contributed by atoms with Crippen molar-refractivity contribution in [2.75, 3.05) is 35.8 Å². The second kappa shape index (κ2) is 5.52. The van der Waals surface area contributed by atoms with Gasteiger partial charge in [0.15, 0.2) is 0 Å². The van der Waals surface area contributed by atoms with Gasteiger partial charge in [0.2, 0.25) is 0 Å². The Morgan fingerprint density at radius 1 is 1.05 bits per heavy atom. The smallest absolute Gasteiger partial charge is 0.0421 e. The molecule has 0 fully saturated rings. The number of nitrogens with zero attached hydrogens (tertiary/aromatic N) is 1. The molecule has 100 valence electrons. The number of nitrogen functional groups attached to an aromatic ring is 2. The quantitative estimate of drug-likeness (QED) is 0.735. The minimum absolute atomic E-state index is 0.660. The molecule has 2 aromatic rings. The minimum atomic E-state index is 0.660. The molecule has 0 amide bonds. The second-order valence-corrected chi connectivity index (χ2v) is 4.76. The average molecular weight is 256 g/mol. The Balaban J connectivity index is 2.10. The van der Waals surface area contributed by atoms with E-state index in [4.69, 9.17) is 11.5 Å². The Morgan fingerprint density at radius 2 is 1.84 bits per heavy atom. The summed E-state index contributed by atoms with van der Waals surface area (Å²) < 4.78 is 0.